The summed E-state index contributed by atoms with van der Waals surface area (Å²) < 4.78 is 4.99. The quantitative estimate of drug-likeness (QED) is 0.576. The van der Waals surface area contributed by atoms with E-state index in [4.69, 9.17) is 4.74 Å². The molecule has 74 valence electrons. The Morgan fingerprint density at radius 1 is 1.54 bits per heavy atom. The Labute approximate surface area is 78.0 Å². The Balaban J connectivity index is 1.95. The van der Waals surface area contributed by atoms with Crippen molar-refractivity contribution in [3.63, 3.8) is 0 Å². The Morgan fingerprint density at radius 3 is 3.15 bits per heavy atom. The topological polar surface area (TPSA) is 50.4 Å². The Bertz CT molecular complexity index is 208. The highest BCUT2D eigenvalue weighted by Crippen LogP contribution is 2.19. The van der Waals surface area contributed by atoms with Gasteiger partial charge in [0, 0.05) is 18.6 Å². The maximum absolute atomic E-state index is 11.5. The smallest absolute Gasteiger partial charge is 0.324 e. The molecule has 0 aliphatic carbocycles. The van der Waals surface area contributed by atoms with E-state index in [1.165, 1.54) is 6.42 Å². The molecule has 0 aromatic carbocycles. The lowest BCUT2D eigenvalue weighted by Gasteiger charge is -2.29. The van der Waals surface area contributed by atoms with Crippen molar-refractivity contribution in [2.45, 2.75) is 37.9 Å². The number of fused-ring (bicyclic) bond motifs is 2. The molecule has 0 amide bonds. The summed E-state index contributed by atoms with van der Waals surface area (Å²) in [6.45, 7) is 3.19. The number of ether oxygens (including phenoxy) is 1. The molecule has 0 aromatic heterocycles. The van der Waals surface area contributed by atoms with E-state index in [9.17, 15) is 4.79 Å². The lowest BCUT2D eigenvalue weighted by Crippen LogP contribution is -2.59. The van der Waals surface area contributed by atoms with E-state index >= 15 is 0 Å². The average molecular weight is 184 g/mol. The highest BCUT2D eigenvalue weighted by atomic mass is 16.5. The number of carbonyl (C=O) groups is 1. The van der Waals surface area contributed by atoms with E-state index in [2.05, 4.69) is 10.6 Å². The largest absolute Gasteiger partial charge is 0.465 e. The van der Waals surface area contributed by atoms with Gasteiger partial charge in [-0.05, 0) is 19.8 Å². The van der Waals surface area contributed by atoms with Gasteiger partial charge in [-0.2, -0.15) is 0 Å². The minimum atomic E-state index is -0.126. The van der Waals surface area contributed by atoms with E-state index in [0.29, 0.717) is 12.6 Å². The standard InChI is InChI=1S/C9H16N2O2/c1-2-13-9(12)8-7-4-3-6(11-7)5-10-8/h6-8,10-11H,2-5H2,1H3/t6-,7-,8-/m1/s1. The number of carbonyl (C=O) groups excluding carboxylic acids is 1. The van der Waals surface area contributed by atoms with Crippen LogP contribution in [0.5, 0.6) is 0 Å². The zero-order chi connectivity index (χ0) is 9.26. The number of rotatable bonds is 2. The summed E-state index contributed by atoms with van der Waals surface area (Å²) in [4.78, 5) is 11.5. The second-order valence-corrected chi connectivity index (χ2v) is 3.69. The van der Waals surface area contributed by atoms with Crippen molar-refractivity contribution in [2.75, 3.05) is 13.2 Å². The zero-order valence-corrected chi connectivity index (χ0v) is 7.88. The molecule has 2 N–H and O–H groups in total. The van der Waals surface area contributed by atoms with Crippen LogP contribution >= 0.6 is 0 Å². The summed E-state index contributed by atoms with van der Waals surface area (Å²) >= 11 is 0. The summed E-state index contributed by atoms with van der Waals surface area (Å²) in [6, 6.07) is 0.729. The third kappa shape index (κ3) is 1.69. The number of hydrogen-bond donors (Lipinski definition) is 2. The molecule has 0 saturated carbocycles. The van der Waals surface area contributed by atoms with Crippen LogP contribution in [0.15, 0.2) is 0 Å². The molecule has 3 atom stereocenters. The summed E-state index contributed by atoms with van der Waals surface area (Å²) in [5.41, 5.74) is 0. The van der Waals surface area contributed by atoms with Crippen LogP contribution in [-0.2, 0) is 9.53 Å². The van der Waals surface area contributed by atoms with Crippen LogP contribution < -0.4 is 10.6 Å². The highest BCUT2D eigenvalue weighted by Gasteiger charge is 2.39. The monoisotopic (exact) mass is 184 g/mol. The van der Waals surface area contributed by atoms with Crippen LogP contribution in [0, 0.1) is 0 Å². The lowest BCUT2D eigenvalue weighted by atomic mass is 10.1. The Kier molecular flexibility index (Phi) is 2.51. The minimum absolute atomic E-state index is 0.111. The van der Waals surface area contributed by atoms with Crippen molar-refractivity contribution in [1.29, 1.82) is 0 Å². The van der Waals surface area contributed by atoms with Crippen molar-refractivity contribution in [3.05, 3.63) is 0 Å². The normalized spacial score (nSPS) is 37.5. The average Bonchev–Trinajstić information content (AvgIpc) is 2.48. The molecule has 2 heterocycles. The summed E-state index contributed by atoms with van der Waals surface area (Å²) in [5, 5.41) is 6.65. The predicted octanol–water partition coefficient (Wildman–Crippen LogP) is -0.358. The first kappa shape index (κ1) is 8.97. The van der Waals surface area contributed by atoms with Crippen LogP contribution in [-0.4, -0.2) is 37.2 Å². The van der Waals surface area contributed by atoms with Crippen molar-refractivity contribution >= 4 is 5.97 Å². The van der Waals surface area contributed by atoms with Crippen molar-refractivity contribution in [1.82, 2.24) is 10.6 Å². The number of esters is 1. The number of hydrogen-bond acceptors (Lipinski definition) is 4. The molecular formula is C9H16N2O2. The maximum atomic E-state index is 11.5. The van der Waals surface area contributed by atoms with Crippen molar-refractivity contribution in [3.8, 4) is 0 Å². The third-order valence-electron chi connectivity index (χ3n) is 2.80. The first-order valence-corrected chi connectivity index (χ1v) is 4.97. The van der Waals surface area contributed by atoms with Gasteiger partial charge in [-0.1, -0.05) is 0 Å². The van der Waals surface area contributed by atoms with E-state index in [1.54, 1.807) is 0 Å². The molecule has 2 aliphatic heterocycles. The van der Waals surface area contributed by atoms with Gasteiger partial charge in [-0.15, -0.1) is 0 Å². The molecule has 2 saturated heterocycles. The second kappa shape index (κ2) is 3.64. The predicted molar refractivity (Wildman–Crippen MR) is 48.4 cm³/mol. The van der Waals surface area contributed by atoms with Gasteiger partial charge in [0.05, 0.1) is 6.61 Å². The summed E-state index contributed by atoms with van der Waals surface area (Å²) in [6.07, 6.45) is 2.26. The fourth-order valence-electron chi connectivity index (χ4n) is 2.17. The molecule has 0 aromatic rings. The van der Waals surface area contributed by atoms with Gasteiger partial charge < -0.3 is 15.4 Å². The minimum Gasteiger partial charge on any atom is -0.465 e. The van der Waals surface area contributed by atoms with E-state index < -0.39 is 0 Å². The molecule has 0 unspecified atom stereocenters. The van der Waals surface area contributed by atoms with Gasteiger partial charge in [-0.25, -0.2) is 0 Å². The van der Waals surface area contributed by atoms with Gasteiger partial charge in [0.15, 0.2) is 0 Å². The van der Waals surface area contributed by atoms with Gasteiger partial charge in [-0.3, -0.25) is 4.79 Å². The summed E-state index contributed by atoms with van der Waals surface area (Å²) in [7, 11) is 0. The number of nitrogens with one attached hydrogen (secondary N) is 2. The molecule has 13 heavy (non-hydrogen) atoms. The molecule has 0 spiro atoms. The highest BCUT2D eigenvalue weighted by molar-refractivity contribution is 5.77. The van der Waals surface area contributed by atoms with Crippen LogP contribution in [0.4, 0.5) is 0 Å². The first-order valence-electron chi connectivity index (χ1n) is 4.97. The zero-order valence-electron chi connectivity index (χ0n) is 7.88. The first-order chi connectivity index (χ1) is 6.31. The van der Waals surface area contributed by atoms with Gasteiger partial charge in [0.1, 0.15) is 6.04 Å². The van der Waals surface area contributed by atoms with Crippen LogP contribution in [0.25, 0.3) is 0 Å². The van der Waals surface area contributed by atoms with E-state index in [-0.39, 0.29) is 18.1 Å². The Morgan fingerprint density at radius 2 is 2.38 bits per heavy atom. The molecule has 0 radical (unpaired) electrons. The van der Waals surface area contributed by atoms with Crippen LogP contribution in [0.3, 0.4) is 0 Å². The molecule has 2 rings (SSSR count). The Hall–Kier alpha value is -0.610. The molecule has 2 aliphatic rings. The summed E-state index contributed by atoms with van der Waals surface area (Å²) in [5.74, 6) is -0.111. The van der Waals surface area contributed by atoms with Crippen molar-refractivity contribution in [2.24, 2.45) is 0 Å². The molecule has 2 fully saturated rings. The van der Waals surface area contributed by atoms with Crippen LogP contribution in [0.2, 0.25) is 0 Å². The van der Waals surface area contributed by atoms with E-state index in [0.717, 1.165) is 13.0 Å². The molecule has 4 heteroatoms. The van der Waals surface area contributed by atoms with Gasteiger partial charge >= 0.3 is 5.97 Å². The molecule has 2 bridgehead atoms. The fraction of sp³-hybridized carbons (Fsp3) is 0.889. The van der Waals surface area contributed by atoms with Gasteiger partial charge in [0.2, 0.25) is 0 Å². The molecular weight excluding hydrogens is 168 g/mol. The van der Waals surface area contributed by atoms with Gasteiger partial charge in [0.25, 0.3) is 0 Å². The van der Waals surface area contributed by atoms with Crippen molar-refractivity contribution < 1.29 is 9.53 Å². The third-order valence-corrected chi connectivity index (χ3v) is 2.80. The lowest BCUT2D eigenvalue weighted by molar-refractivity contribution is -0.146. The van der Waals surface area contributed by atoms with Crippen LogP contribution in [0.1, 0.15) is 19.8 Å². The number of piperazine rings is 1. The fourth-order valence-corrected chi connectivity index (χ4v) is 2.17. The molecule has 4 nitrogen and oxygen atoms in total. The SMILES string of the molecule is CCOC(=O)[C@@H]1NC[C@H]2CC[C@H]1N2. The maximum Gasteiger partial charge on any atom is 0.324 e. The van der Waals surface area contributed by atoms with E-state index in [1.807, 2.05) is 6.92 Å². The second-order valence-electron chi connectivity index (χ2n) is 3.69.